The molecule has 4 rings (SSSR count). The summed E-state index contributed by atoms with van der Waals surface area (Å²) in [6, 6.07) is 19.1. The molecule has 1 aromatic heterocycles. The van der Waals surface area contributed by atoms with E-state index in [1.165, 1.54) is 0 Å². The minimum atomic E-state index is -1.42. The fourth-order valence-corrected chi connectivity index (χ4v) is 4.02. The van der Waals surface area contributed by atoms with Crippen molar-refractivity contribution in [3.63, 3.8) is 0 Å². The van der Waals surface area contributed by atoms with Crippen molar-refractivity contribution in [3.8, 4) is 11.3 Å². The zero-order valence-electron chi connectivity index (χ0n) is 16.7. The molecule has 1 saturated heterocycles. The first-order chi connectivity index (χ1) is 15.0. The number of aromatic nitrogens is 1. The van der Waals surface area contributed by atoms with Crippen LogP contribution in [-0.4, -0.2) is 56.4 Å². The van der Waals surface area contributed by atoms with E-state index in [4.69, 9.17) is 16.3 Å². The van der Waals surface area contributed by atoms with Gasteiger partial charge >= 0.3 is 0 Å². The molecule has 1 aliphatic heterocycles. The Labute approximate surface area is 185 Å². The van der Waals surface area contributed by atoms with Crippen molar-refractivity contribution in [2.45, 2.75) is 36.9 Å². The summed E-state index contributed by atoms with van der Waals surface area (Å²) < 4.78 is 5.67. The van der Waals surface area contributed by atoms with Crippen LogP contribution < -0.4 is 0 Å². The molecule has 7 heteroatoms. The molecular weight excluding hydrogens is 418 g/mol. The number of ether oxygens (including phenoxy) is 1. The molecule has 3 aromatic rings. The van der Waals surface area contributed by atoms with Crippen molar-refractivity contribution in [2.24, 2.45) is 0 Å². The normalized spacial score (nSPS) is 26.0. The first-order valence-corrected chi connectivity index (χ1v) is 10.4. The van der Waals surface area contributed by atoms with Crippen LogP contribution in [-0.2, 0) is 11.2 Å². The molecule has 0 spiro atoms. The van der Waals surface area contributed by atoms with Gasteiger partial charge in [-0.3, -0.25) is 4.98 Å². The Morgan fingerprint density at radius 3 is 2.35 bits per heavy atom. The standard InChI is InChI=1S/C24H24ClNO5/c25-18-9-8-16(24-23(30)22(29)21(28)20(13-27)31-24)12-17(18)11-14-4-6-15(7-5-14)19-3-1-2-10-26-19/h1-10,12,20-24,27-30H,11,13H2/t20-,21-,22+,23-,24+/m1/s1. The second kappa shape index (κ2) is 9.44. The summed E-state index contributed by atoms with van der Waals surface area (Å²) >= 11 is 6.41. The highest BCUT2D eigenvalue weighted by Gasteiger charge is 2.44. The smallest absolute Gasteiger partial charge is 0.113 e. The molecule has 0 bridgehead atoms. The van der Waals surface area contributed by atoms with Crippen LogP contribution in [0.5, 0.6) is 0 Å². The van der Waals surface area contributed by atoms with Crippen LogP contribution in [0, 0.1) is 0 Å². The van der Waals surface area contributed by atoms with E-state index >= 15 is 0 Å². The minimum Gasteiger partial charge on any atom is -0.394 e. The Hall–Kier alpha value is -2.32. The summed E-state index contributed by atoms with van der Waals surface area (Å²) in [4.78, 5) is 4.36. The lowest BCUT2D eigenvalue weighted by molar-refractivity contribution is -0.231. The van der Waals surface area contributed by atoms with Gasteiger partial charge in [-0.15, -0.1) is 0 Å². The van der Waals surface area contributed by atoms with Crippen molar-refractivity contribution < 1.29 is 25.2 Å². The molecule has 162 valence electrons. The van der Waals surface area contributed by atoms with Crippen LogP contribution in [0.1, 0.15) is 22.8 Å². The third-order valence-electron chi connectivity index (χ3n) is 5.60. The topological polar surface area (TPSA) is 103 Å². The lowest BCUT2D eigenvalue weighted by Gasteiger charge is -2.40. The van der Waals surface area contributed by atoms with Crippen LogP contribution in [0.3, 0.4) is 0 Å². The highest BCUT2D eigenvalue weighted by atomic mass is 35.5. The van der Waals surface area contributed by atoms with Crippen LogP contribution in [0.25, 0.3) is 11.3 Å². The second-order valence-corrected chi connectivity index (χ2v) is 8.10. The van der Waals surface area contributed by atoms with E-state index in [1.807, 2.05) is 48.5 Å². The van der Waals surface area contributed by atoms with Gasteiger partial charge in [0.1, 0.15) is 30.5 Å². The predicted octanol–water partition coefficient (Wildman–Crippen LogP) is 2.51. The molecule has 1 fully saturated rings. The SMILES string of the molecule is OC[C@H]1O[C@@H](c2ccc(Cl)c(Cc3ccc(-c4ccccn4)cc3)c2)[C@H](O)[C@@H](O)[C@@H]1O. The second-order valence-electron chi connectivity index (χ2n) is 7.69. The summed E-state index contributed by atoms with van der Waals surface area (Å²) in [5.74, 6) is 0. The lowest BCUT2D eigenvalue weighted by atomic mass is 9.90. The zero-order valence-corrected chi connectivity index (χ0v) is 17.4. The van der Waals surface area contributed by atoms with Crippen molar-refractivity contribution >= 4 is 11.6 Å². The molecule has 5 atom stereocenters. The van der Waals surface area contributed by atoms with Gasteiger partial charge in [-0.05, 0) is 41.3 Å². The molecule has 2 aromatic carbocycles. The van der Waals surface area contributed by atoms with E-state index in [0.29, 0.717) is 17.0 Å². The number of aliphatic hydroxyl groups excluding tert-OH is 4. The maximum atomic E-state index is 10.4. The average molecular weight is 442 g/mol. The first kappa shape index (κ1) is 21.9. The molecule has 2 heterocycles. The molecule has 31 heavy (non-hydrogen) atoms. The highest BCUT2D eigenvalue weighted by molar-refractivity contribution is 6.31. The first-order valence-electron chi connectivity index (χ1n) is 10.1. The number of pyridine rings is 1. The third-order valence-corrected chi connectivity index (χ3v) is 5.97. The molecular formula is C24H24ClNO5. The minimum absolute atomic E-state index is 0.468. The van der Waals surface area contributed by atoms with Crippen LogP contribution >= 0.6 is 11.6 Å². The third kappa shape index (κ3) is 4.65. The summed E-state index contributed by atoms with van der Waals surface area (Å²) in [7, 11) is 0. The van der Waals surface area contributed by atoms with E-state index in [2.05, 4.69) is 4.98 Å². The van der Waals surface area contributed by atoms with Crippen LogP contribution in [0.2, 0.25) is 5.02 Å². The van der Waals surface area contributed by atoms with E-state index in [0.717, 1.165) is 22.4 Å². The van der Waals surface area contributed by atoms with Gasteiger partial charge in [0.05, 0.1) is 12.3 Å². The Morgan fingerprint density at radius 1 is 0.903 bits per heavy atom. The molecule has 0 amide bonds. The number of hydrogen-bond donors (Lipinski definition) is 4. The fourth-order valence-electron chi connectivity index (χ4n) is 3.83. The summed E-state index contributed by atoms with van der Waals surface area (Å²) in [6.45, 7) is -0.468. The lowest BCUT2D eigenvalue weighted by Crippen LogP contribution is -2.55. The van der Waals surface area contributed by atoms with Gasteiger partial charge in [0.2, 0.25) is 0 Å². The van der Waals surface area contributed by atoms with E-state index in [-0.39, 0.29) is 0 Å². The molecule has 0 saturated carbocycles. The van der Waals surface area contributed by atoms with E-state index in [9.17, 15) is 20.4 Å². The highest BCUT2D eigenvalue weighted by Crippen LogP contribution is 2.34. The van der Waals surface area contributed by atoms with E-state index in [1.54, 1.807) is 18.3 Å². The van der Waals surface area contributed by atoms with E-state index < -0.39 is 37.1 Å². The largest absolute Gasteiger partial charge is 0.394 e. The monoisotopic (exact) mass is 441 g/mol. The zero-order chi connectivity index (χ0) is 22.0. The Balaban J connectivity index is 1.56. The Bertz CT molecular complexity index is 1010. The molecule has 4 N–H and O–H groups in total. The average Bonchev–Trinajstić information content (AvgIpc) is 2.80. The van der Waals surface area contributed by atoms with Crippen molar-refractivity contribution in [1.29, 1.82) is 0 Å². The fraction of sp³-hybridized carbons (Fsp3) is 0.292. The van der Waals surface area contributed by atoms with Gasteiger partial charge in [0.25, 0.3) is 0 Å². The van der Waals surface area contributed by atoms with Crippen molar-refractivity contribution in [2.75, 3.05) is 6.61 Å². The summed E-state index contributed by atoms with van der Waals surface area (Å²) in [6.07, 6.45) is -3.67. The summed E-state index contributed by atoms with van der Waals surface area (Å²) in [5, 5.41) is 40.5. The number of rotatable bonds is 5. The summed E-state index contributed by atoms with van der Waals surface area (Å²) in [5.41, 5.74) is 4.41. The quantitative estimate of drug-likeness (QED) is 0.485. The molecule has 0 unspecified atom stereocenters. The predicted molar refractivity (Wildman–Crippen MR) is 117 cm³/mol. The molecule has 1 aliphatic rings. The van der Waals surface area contributed by atoms with Crippen molar-refractivity contribution in [3.05, 3.63) is 88.6 Å². The van der Waals surface area contributed by atoms with Gasteiger partial charge in [0, 0.05) is 16.8 Å². The Kier molecular flexibility index (Phi) is 6.67. The van der Waals surface area contributed by atoms with Gasteiger partial charge < -0.3 is 25.2 Å². The van der Waals surface area contributed by atoms with Gasteiger partial charge in [-0.1, -0.05) is 54.1 Å². The number of benzene rings is 2. The maximum Gasteiger partial charge on any atom is 0.113 e. The molecule has 0 radical (unpaired) electrons. The Morgan fingerprint density at radius 2 is 1.68 bits per heavy atom. The van der Waals surface area contributed by atoms with Gasteiger partial charge in [-0.2, -0.15) is 0 Å². The number of halogens is 1. The van der Waals surface area contributed by atoms with Crippen molar-refractivity contribution in [1.82, 2.24) is 4.98 Å². The number of aliphatic hydroxyl groups is 4. The number of nitrogens with zero attached hydrogens (tertiary/aromatic N) is 1. The van der Waals surface area contributed by atoms with Gasteiger partial charge in [-0.25, -0.2) is 0 Å². The number of hydrogen-bond acceptors (Lipinski definition) is 6. The maximum absolute atomic E-state index is 10.4. The molecule has 0 aliphatic carbocycles. The van der Waals surface area contributed by atoms with Crippen LogP contribution in [0.4, 0.5) is 0 Å². The van der Waals surface area contributed by atoms with Gasteiger partial charge in [0.15, 0.2) is 0 Å². The van der Waals surface area contributed by atoms with Crippen LogP contribution in [0.15, 0.2) is 66.9 Å². The molecule has 6 nitrogen and oxygen atoms in total.